The molecular weight excluding hydrogens is 278 g/mol. The molecule has 0 aliphatic carbocycles. The van der Waals surface area contributed by atoms with Crippen molar-refractivity contribution in [2.24, 2.45) is 5.73 Å². The second kappa shape index (κ2) is 5.44. The van der Waals surface area contributed by atoms with Crippen LogP contribution in [0.1, 0.15) is 18.1 Å². The van der Waals surface area contributed by atoms with Crippen LogP contribution in [0.2, 0.25) is 10.0 Å². The lowest BCUT2D eigenvalue weighted by Crippen LogP contribution is -2.38. The maximum atomic E-state index is 12.2. The van der Waals surface area contributed by atoms with Gasteiger partial charge in [0, 0.05) is 16.5 Å². The topological polar surface area (TPSA) is 46.2 Å². The molecule has 0 unspecified atom stereocenters. The number of hydrogen-bond acceptors (Lipinski definition) is 2. The third-order valence-electron chi connectivity index (χ3n) is 2.22. The molecule has 1 aromatic rings. The largest absolute Gasteiger partial charge is 0.403 e. The molecule has 3 N–H and O–H groups in total. The lowest BCUT2D eigenvalue weighted by molar-refractivity contribution is -0.153. The molecule has 0 bridgehead atoms. The summed E-state index contributed by atoms with van der Waals surface area (Å²) in [5.74, 6) is 0. The Labute approximate surface area is 106 Å². The van der Waals surface area contributed by atoms with Gasteiger partial charge in [0.05, 0.1) is 6.10 Å². The number of aliphatic hydroxyl groups is 1. The maximum Gasteiger partial charge on any atom is 0.403 e. The maximum absolute atomic E-state index is 12.2. The molecule has 1 aromatic carbocycles. The summed E-state index contributed by atoms with van der Waals surface area (Å²) in [6, 6.07) is 2.06. The summed E-state index contributed by atoms with van der Waals surface area (Å²) in [5, 5.41) is 10.1. The highest BCUT2D eigenvalue weighted by atomic mass is 35.5. The number of benzene rings is 1. The van der Waals surface area contributed by atoms with E-state index in [1.807, 2.05) is 0 Å². The number of aliphatic hydroxyl groups excluding tert-OH is 1. The van der Waals surface area contributed by atoms with Crippen molar-refractivity contribution in [2.75, 3.05) is 0 Å². The molecule has 0 spiro atoms. The van der Waals surface area contributed by atoms with Crippen molar-refractivity contribution in [3.05, 3.63) is 33.8 Å². The predicted molar refractivity (Wildman–Crippen MR) is 60.1 cm³/mol. The third-order valence-corrected chi connectivity index (χ3v) is 2.78. The van der Waals surface area contributed by atoms with E-state index in [2.05, 4.69) is 0 Å². The molecule has 0 heterocycles. The van der Waals surface area contributed by atoms with Crippen LogP contribution in [0.25, 0.3) is 0 Å². The molecule has 0 saturated heterocycles. The predicted octanol–water partition coefficient (Wildman–Crippen LogP) is 3.31. The van der Waals surface area contributed by atoms with Crippen LogP contribution in [0.15, 0.2) is 18.2 Å². The van der Waals surface area contributed by atoms with Gasteiger partial charge in [0.2, 0.25) is 0 Å². The fourth-order valence-corrected chi connectivity index (χ4v) is 1.81. The van der Waals surface area contributed by atoms with Gasteiger partial charge < -0.3 is 10.8 Å². The van der Waals surface area contributed by atoms with E-state index in [4.69, 9.17) is 28.9 Å². The fraction of sp³-hybridized carbons (Fsp3) is 0.400. The summed E-state index contributed by atoms with van der Waals surface area (Å²) < 4.78 is 36.6. The van der Waals surface area contributed by atoms with Crippen molar-refractivity contribution >= 4 is 23.2 Å². The van der Waals surface area contributed by atoms with E-state index >= 15 is 0 Å². The highest BCUT2D eigenvalue weighted by Gasteiger charge is 2.38. The van der Waals surface area contributed by atoms with Crippen LogP contribution in [-0.2, 0) is 0 Å². The van der Waals surface area contributed by atoms with Crippen molar-refractivity contribution in [1.82, 2.24) is 0 Å². The highest BCUT2D eigenvalue weighted by Crippen LogP contribution is 2.31. The molecule has 0 aliphatic rings. The summed E-state index contributed by atoms with van der Waals surface area (Å²) in [6.45, 7) is 0. The first-order valence-electron chi connectivity index (χ1n) is 4.67. The number of alkyl halides is 3. The Hall–Kier alpha value is -0.490. The Kier molecular flexibility index (Phi) is 4.66. The number of hydrogen-bond donors (Lipinski definition) is 2. The second-order valence-electron chi connectivity index (χ2n) is 3.57. The van der Waals surface area contributed by atoms with E-state index in [-0.39, 0.29) is 10.6 Å². The first-order chi connectivity index (χ1) is 7.71. The lowest BCUT2D eigenvalue weighted by Gasteiger charge is -2.20. The molecule has 0 aromatic heterocycles. The van der Waals surface area contributed by atoms with Gasteiger partial charge in [0.15, 0.2) is 0 Å². The minimum Gasteiger partial charge on any atom is -0.388 e. The standard InChI is InChI=1S/C10H10Cl2F3NO/c11-5-1-2-6(7(12)3-5)8(17)4-9(16)10(13,14)15/h1-3,8-9,17H,4,16H2/t8-,9-/m0/s1. The van der Waals surface area contributed by atoms with Crippen molar-refractivity contribution < 1.29 is 18.3 Å². The molecule has 0 radical (unpaired) electrons. The summed E-state index contributed by atoms with van der Waals surface area (Å²) in [4.78, 5) is 0. The number of rotatable bonds is 3. The third kappa shape index (κ3) is 4.03. The van der Waals surface area contributed by atoms with E-state index in [0.717, 1.165) is 0 Å². The Morgan fingerprint density at radius 3 is 2.35 bits per heavy atom. The van der Waals surface area contributed by atoms with Gasteiger partial charge in [-0.2, -0.15) is 13.2 Å². The average molecular weight is 288 g/mol. The summed E-state index contributed by atoms with van der Waals surface area (Å²) in [6.07, 6.45) is -6.57. The zero-order valence-corrected chi connectivity index (χ0v) is 10.0. The summed E-state index contributed by atoms with van der Waals surface area (Å²) in [5.41, 5.74) is 5.09. The first-order valence-corrected chi connectivity index (χ1v) is 5.42. The second-order valence-corrected chi connectivity index (χ2v) is 4.41. The average Bonchev–Trinajstić information content (AvgIpc) is 2.15. The van der Waals surface area contributed by atoms with Gasteiger partial charge in [-0.3, -0.25) is 0 Å². The van der Waals surface area contributed by atoms with Gasteiger partial charge in [-0.15, -0.1) is 0 Å². The Balaban J connectivity index is 2.80. The number of nitrogens with two attached hydrogens (primary N) is 1. The zero-order valence-electron chi connectivity index (χ0n) is 8.51. The first kappa shape index (κ1) is 14.6. The molecule has 7 heteroatoms. The Morgan fingerprint density at radius 2 is 1.88 bits per heavy atom. The van der Waals surface area contributed by atoms with Gasteiger partial charge in [0.25, 0.3) is 0 Å². The van der Waals surface area contributed by atoms with Gasteiger partial charge in [-0.1, -0.05) is 29.3 Å². The highest BCUT2D eigenvalue weighted by molar-refractivity contribution is 6.35. The van der Waals surface area contributed by atoms with E-state index < -0.39 is 24.7 Å². The van der Waals surface area contributed by atoms with Gasteiger partial charge in [-0.25, -0.2) is 0 Å². The Morgan fingerprint density at radius 1 is 1.29 bits per heavy atom. The molecule has 1 rings (SSSR count). The molecular formula is C10H10Cl2F3NO. The normalized spacial score (nSPS) is 15.7. The number of halogens is 5. The van der Waals surface area contributed by atoms with Crippen LogP contribution < -0.4 is 5.73 Å². The Bertz CT molecular complexity index is 398. The zero-order chi connectivity index (χ0) is 13.2. The molecule has 0 fully saturated rings. The van der Waals surface area contributed by atoms with Crippen molar-refractivity contribution in [2.45, 2.75) is 24.7 Å². The SMILES string of the molecule is N[C@@H](C[C@H](O)c1ccc(Cl)cc1Cl)C(F)(F)F. The lowest BCUT2D eigenvalue weighted by atomic mass is 10.0. The van der Waals surface area contributed by atoms with E-state index in [0.29, 0.717) is 5.02 Å². The van der Waals surface area contributed by atoms with E-state index in [9.17, 15) is 18.3 Å². The minimum absolute atomic E-state index is 0.111. The van der Waals surface area contributed by atoms with E-state index in [1.165, 1.54) is 18.2 Å². The molecule has 17 heavy (non-hydrogen) atoms. The smallest absolute Gasteiger partial charge is 0.388 e. The van der Waals surface area contributed by atoms with Crippen LogP contribution in [0.5, 0.6) is 0 Å². The molecule has 0 aliphatic heterocycles. The van der Waals surface area contributed by atoms with Crippen LogP contribution >= 0.6 is 23.2 Å². The molecule has 0 saturated carbocycles. The van der Waals surface area contributed by atoms with Crippen LogP contribution in [-0.4, -0.2) is 17.3 Å². The van der Waals surface area contributed by atoms with Crippen molar-refractivity contribution in [3.8, 4) is 0 Å². The van der Waals surface area contributed by atoms with Crippen LogP contribution in [0, 0.1) is 0 Å². The van der Waals surface area contributed by atoms with Crippen molar-refractivity contribution in [3.63, 3.8) is 0 Å². The van der Waals surface area contributed by atoms with Crippen molar-refractivity contribution in [1.29, 1.82) is 0 Å². The van der Waals surface area contributed by atoms with Gasteiger partial charge in [0.1, 0.15) is 6.04 Å². The molecule has 2 atom stereocenters. The van der Waals surface area contributed by atoms with Gasteiger partial charge in [-0.05, 0) is 17.7 Å². The minimum atomic E-state index is -4.54. The van der Waals surface area contributed by atoms with Gasteiger partial charge >= 0.3 is 6.18 Å². The molecule has 96 valence electrons. The van der Waals surface area contributed by atoms with Crippen LogP contribution in [0.4, 0.5) is 13.2 Å². The van der Waals surface area contributed by atoms with E-state index in [1.54, 1.807) is 0 Å². The summed E-state index contributed by atoms with van der Waals surface area (Å²) >= 11 is 11.4. The molecule has 0 amide bonds. The quantitative estimate of drug-likeness (QED) is 0.896. The summed E-state index contributed by atoms with van der Waals surface area (Å²) in [7, 11) is 0. The monoisotopic (exact) mass is 287 g/mol. The fourth-order valence-electron chi connectivity index (χ4n) is 1.27. The molecule has 2 nitrogen and oxygen atoms in total. The van der Waals surface area contributed by atoms with Crippen LogP contribution in [0.3, 0.4) is 0 Å².